The van der Waals surface area contributed by atoms with Gasteiger partial charge in [0.2, 0.25) is 5.91 Å². The van der Waals surface area contributed by atoms with Crippen LogP contribution in [0.5, 0.6) is 0 Å². The van der Waals surface area contributed by atoms with E-state index >= 15 is 0 Å². The third-order valence-electron chi connectivity index (χ3n) is 4.75. The van der Waals surface area contributed by atoms with Gasteiger partial charge in [0.15, 0.2) is 0 Å². The molecule has 2 heterocycles. The molecule has 0 radical (unpaired) electrons. The van der Waals surface area contributed by atoms with Crippen molar-refractivity contribution in [3.05, 3.63) is 0 Å². The molecule has 20 heavy (non-hydrogen) atoms. The molecule has 2 aliphatic rings. The van der Waals surface area contributed by atoms with Gasteiger partial charge in [-0.25, -0.2) is 0 Å². The number of rotatable bonds is 3. The van der Waals surface area contributed by atoms with E-state index in [0.29, 0.717) is 5.92 Å². The molecule has 0 aromatic carbocycles. The summed E-state index contributed by atoms with van der Waals surface area (Å²) in [5, 5.41) is 0. The molecule has 1 unspecified atom stereocenters. The first-order chi connectivity index (χ1) is 9.36. The standard InChI is InChI=1S/C16H31N3O/c1-13-6-9-18(10-7-13)11-14-5-4-8-19(12-14)15(20)16(2,3)17/h13-14H,4-12,17H2,1-3H3. The summed E-state index contributed by atoms with van der Waals surface area (Å²) >= 11 is 0. The van der Waals surface area contributed by atoms with Gasteiger partial charge in [-0.15, -0.1) is 0 Å². The molecule has 2 aliphatic heterocycles. The summed E-state index contributed by atoms with van der Waals surface area (Å²) in [5.41, 5.74) is 5.22. The lowest BCUT2D eigenvalue weighted by Gasteiger charge is -2.39. The van der Waals surface area contributed by atoms with Crippen LogP contribution in [0.1, 0.15) is 46.5 Å². The maximum absolute atomic E-state index is 12.3. The number of carbonyl (C=O) groups excluding carboxylic acids is 1. The van der Waals surface area contributed by atoms with Gasteiger partial charge in [0, 0.05) is 19.6 Å². The third kappa shape index (κ3) is 4.19. The van der Waals surface area contributed by atoms with Crippen molar-refractivity contribution in [2.24, 2.45) is 17.6 Å². The van der Waals surface area contributed by atoms with Crippen LogP contribution >= 0.6 is 0 Å². The second-order valence-corrected chi connectivity index (χ2v) is 7.46. The van der Waals surface area contributed by atoms with Crippen molar-refractivity contribution in [1.82, 2.24) is 9.80 Å². The molecular weight excluding hydrogens is 250 g/mol. The fraction of sp³-hybridized carbons (Fsp3) is 0.938. The topological polar surface area (TPSA) is 49.6 Å². The van der Waals surface area contributed by atoms with Crippen molar-refractivity contribution in [2.75, 3.05) is 32.7 Å². The van der Waals surface area contributed by atoms with Gasteiger partial charge in [-0.2, -0.15) is 0 Å². The molecule has 1 atom stereocenters. The van der Waals surface area contributed by atoms with Crippen LogP contribution in [0.15, 0.2) is 0 Å². The van der Waals surface area contributed by atoms with Crippen LogP contribution in [0.4, 0.5) is 0 Å². The van der Waals surface area contributed by atoms with E-state index in [1.54, 1.807) is 0 Å². The molecule has 2 fully saturated rings. The molecule has 0 saturated carbocycles. The van der Waals surface area contributed by atoms with Crippen LogP contribution in [-0.4, -0.2) is 54.0 Å². The van der Waals surface area contributed by atoms with Crippen LogP contribution < -0.4 is 5.73 Å². The zero-order valence-corrected chi connectivity index (χ0v) is 13.4. The van der Waals surface area contributed by atoms with Crippen molar-refractivity contribution < 1.29 is 4.79 Å². The molecule has 116 valence electrons. The minimum absolute atomic E-state index is 0.106. The highest BCUT2D eigenvalue weighted by Gasteiger charge is 2.32. The van der Waals surface area contributed by atoms with Gasteiger partial charge in [-0.3, -0.25) is 4.79 Å². The number of nitrogens with two attached hydrogens (primary N) is 1. The molecule has 2 rings (SSSR count). The highest BCUT2D eigenvalue weighted by molar-refractivity contribution is 5.85. The number of hydrogen-bond acceptors (Lipinski definition) is 3. The molecule has 0 spiro atoms. The Hall–Kier alpha value is -0.610. The Labute approximate surface area is 123 Å². The molecule has 4 nitrogen and oxygen atoms in total. The van der Waals surface area contributed by atoms with E-state index in [1.807, 2.05) is 18.7 Å². The Bertz CT molecular complexity index is 329. The quantitative estimate of drug-likeness (QED) is 0.856. The first kappa shape index (κ1) is 15.8. The second-order valence-electron chi connectivity index (χ2n) is 7.46. The Morgan fingerprint density at radius 2 is 1.85 bits per heavy atom. The third-order valence-corrected chi connectivity index (χ3v) is 4.75. The highest BCUT2D eigenvalue weighted by atomic mass is 16.2. The monoisotopic (exact) mass is 281 g/mol. The number of nitrogens with zero attached hydrogens (tertiary/aromatic N) is 2. The van der Waals surface area contributed by atoms with Gasteiger partial charge in [0.05, 0.1) is 5.54 Å². The number of likely N-dealkylation sites (tertiary alicyclic amines) is 2. The number of piperidine rings is 2. The fourth-order valence-electron chi connectivity index (χ4n) is 3.42. The summed E-state index contributed by atoms with van der Waals surface area (Å²) in [7, 11) is 0. The molecule has 0 aliphatic carbocycles. The van der Waals surface area contributed by atoms with E-state index in [-0.39, 0.29) is 5.91 Å². The highest BCUT2D eigenvalue weighted by Crippen LogP contribution is 2.22. The minimum Gasteiger partial charge on any atom is -0.341 e. The molecule has 0 bridgehead atoms. The maximum Gasteiger partial charge on any atom is 0.242 e. The van der Waals surface area contributed by atoms with Crippen LogP contribution in [0.2, 0.25) is 0 Å². The van der Waals surface area contributed by atoms with Crippen LogP contribution in [0.3, 0.4) is 0 Å². The molecule has 4 heteroatoms. The first-order valence-corrected chi connectivity index (χ1v) is 8.17. The van der Waals surface area contributed by atoms with Crippen molar-refractivity contribution in [3.8, 4) is 0 Å². The summed E-state index contributed by atoms with van der Waals surface area (Å²) in [6.45, 7) is 11.4. The number of amides is 1. The lowest BCUT2D eigenvalue weighted by molar-refractivity contribution is -0.137. The van der Waals surface area contributed by atoms with E-state index in [9.17, 15) is 4.79 Å². The normalized spacial score (nSPS) is 26.8. The Morgan fingerprint density at radius 3 is 2.45 bits per heavy atom. The maximum atomic E-state index is 12.3. The molecule has 2 saturated heterocycles. The Balaban J connectivity index is 1.83. The SMILES string of the molecule is CC1CCN(CC2CCCN(C(=O)C(C)(C)N)C2)CC1. The summed E-state index contributed by atoms with van der Waals surface area (Å²) in [5.74, 6) is 1.62. The van der Waals surface area contributed by atoms with Gasteiger partial charge in [0.25, 0.3) is 0 Å². The van der Waals surface area contributed by atoms with Gasteiger partial charge >= 0.3 is 0 Å². The van der Waals surface area contributed by atoms with Gasteiger partial charge in [0.1, 0.15) is 0 Å². The van der Waals surface area contributed by atoms with Crippen molar-refractivity contribution >= 4 is 5.91 Å². The zero-order valence-electron chi connectivity index (χ0n) is 13.4. The predicted molar refractivity (Wildman–Crippen MR) is 82.4 cm³/mol. The van der Waals surface area contributed by atoms with E-state index < -0.39 is 5.54 Å². The summed E-state index contributed by atoms with van der Waals surface area (Å²) in [4.78, 5) is 16.9. The second kappa shape index (κ2) is 6.44. The average Bonchev–Trinajstić information content (AvgIpc) is 2.40. The molecular formula is C16H31N3O. The molecule has 2 N–H and O–H groups in total. The van der Waals surface area contributed by atoms with Gasteiger partial charge < -0.3 is 15.5 Å². The van der Waals surface area contributed by atoms with E-state index in [2.05, 4.69) is 11.8 Å². The summed E-state index contributed by atoms with van der Waals surface area (Å²) < 4.78 is 0. The molecule has 1 amide bonds. The van der Waals surface area contributed by atoms with E-state index in [4.69, 9.17) is 5.73 Å². The Morgan fingerprint density at radius 1 is 1.20 bits per heavy atom. The lowest BCUT2D eigenvalue weighted by Crippen LogP contribution is -2.54. The van der Waals surface area contributed by atoms with Crippen LogP contribution in [0.25, 0.3) is 0 Å². The Kier molecular flexibility index (Phi) is 5.08. The average molecular weight is 281 g/mol. The first-order valence-electron chi connectivity index (χ1n) is 8.17. The predicted octanol–water partition coefficient (Wildman–Crippen LogP) is 1.69. The zero-order chi connectivity index (χ0) is 14.8. The van der Waals surface area contributed by atoms with Crippen LogP contribution in [0, 0.1) is 11.8 Å². The molecule has 0 aromatic heterocycles. The van der Waals surface area contributed by atoms with Crippen molar-refractivity contribution in [2.45, 2.75) is 52.0 Å². The van der Waals surface area contributed by atoms with Gasteiger partial charge in [-0.1, -0.05) is 6.92 Å². The van der Waals surface area contributed by atoms with E-state index in [1.165, 1.54) is 32.4 Å². The van der Waals surface area contributed by atoms with Crippen molar-refractivity contribution in [1.29, 1.82) is 0 Å². The summed E-state index contributed by atoms with van der Waals surface area (Å²) in [6, 6.07) is 0. The summed E-state index contributed by atoms with van der Waals surface area (Å²) in [6.07, 6.45) is 5.02. The minimum atomic E-state index is -0.734. The van der Waals surface area contributed by atoms with Crippen molar-refractivity contribution in [3.63, 3.8) is 0 Å². The number of hydrogen-bond donors (Lipinski definition) is 1. The smallest absolute Gasteiger partial charge is 0.242 e. The largest absolute Gasteiger partial charge is 0.341 e. The van der Waals surface area contributed by atoms with E-state index in [0.717, 1.165) is 32.0 Å². The van der Waals surface area contributed by atoms with Crippen LogP contribution in [-0.2, 0) is 4.79 Å². The lowest BCUT2D eigenvalue weighted by atomic mass is 9.93. The molecule has 0 aromatic rings. The number of carbonyl (C=O) groups is 1. The van der Waals surface area contributed by atoms with Gasteiger partial charge in [-0.05, 0) is 64.5 Å². The fourth-order valence-corrected chi connectivity index (χ4v) is 3.42.